The zero-order chi connectivity index (χ0) is 16.9. The Labute approximate surface area is 139 Å². The normalized spacial score (nSPS) is 10.5. The van der Waals surface area contributed by atoms with E-state index in [2.05, 4.69) is 10.3 Å². The molecule has 1 heterocycles. The molecule has 0 unspecified atom stereocenters. The number of para-hydroxylation sites is 1. The number of aryl methyl sites for hydroxylation is 1. The number of amides is 1. The van der Waals surface area contributed by atoms with E-state index in [0.717, 1.165) is 22.0 Å². The maximum atomic E-state index is 11.9. The number of aromatic amines is 1. The van der Waals surface area contributed by atoms with Gasteiger partial charge in [0, 0.05) is 22.8 Å². The molecule has 24 heavy (non-hydrogen) atoms. The van der Waals surface area contributed by atoms with Crippen LogP contribution in [0.4, 0.5) is 5.69 Å². The topological polar surface area (TPSA) is 71.2 Å². The molecule has 1 amide bonds. The van der Waals surface area contributed by atoms with Crippen LogP contribution >= 0.6 is 0 Å². The Balaban J connectivity index is 1.53. The molecule has 122 valence electrons. The lowest BCUT2D eigenvalue weighted by atomic mass is 10.1. The number of aromatic nitrogens is 1. The summed E-state index contributed by atoms with van der Waals surface area (Å²) < 4.78 is 5.06. The number of carbonyl (C=O) groups is 2. The van der Waals surface area contributed by atoms with Gasteiger partial charge in [0.25, 0.3) is 5.91 Å². The van der Waals surface area contributed by atoms with Crippen LogP contribution in [0.15, 0.2) is 54.7 Å². The Hall–Kier alpha value is -3.08. The van der Waals surface area contributed by atoms with Gasteiger partial charge < -0.3 is 15.0 Å². The monoisotopic (exact) mass is 322 g/mol. The highest BCUT2D eigenvalue weighted by Gasteiger charge is 2.11. The molecule has 0 bridgehead atoms. The van der Waals surface area contributed by atoms with Gasteiger partial charge in [-0.15, -0.1) is 0 Å². The third-order valence-electron chi connectivity index (χ3n) is 3.68. The number of hydrogen-bond donors (Lipinski definition) is 2. The lowest BCUT2D eigenvalue weighted by molar-refractivity contribution is -0.146. The van der Waals surface area contributed by atoms with E-state index in [1.54, 1.807) is 12.3 Å². The molecule has 0 saturated carbocycles. The minimum atomic E-state index is -0.431. The smallest absolute Gasteiger partial charge is 0.310 e. The molecule has 0 spiro atoms. The van der Waals surface area contributed by atoms with Gasteiger partial charge in [0.15, 0.2) is 6.61 Å². The first-order chi connectivity index (χ1) is 11.6. The number of benzene rings is 2. The number of fused-ring (bicyclic) bond motifs is 1. The summed E-state index contributed by atoms with van der Waals surface area (Å²) in [7, 11) is 0. The Morgan fingerprint density at radius 3 is 2.79 bits per heavy atom. The van der Waals surface area contributed by atoms with Crippen molar-refractivity contribution < 1.29 is 14.3 Å². The lowest BCUT2D eigenvalue weighted by Gasteiger charge is -2.07. The average Bonchev–Trinajstić information content (AvgIpc) is 2.96. The first-order valence-corrected chi connectivity index (χ1v) is 7.69. The SMILES string of the molecule is Cc1cccc(NC(=O)COC(=O)Cc2c[nH]c3ccccc23)c1. The summed E-state index contributed by atoms with van der Waals surface area (Å²) in [6.45, 7) is 1.64. The Morgan fingerprint density at radius 2 is 1.96 bits per heavy atom. The van der Waals surface area contributed by atoms with Crippen molar-refractivity contribution in [3.8, 4) is 0 Å². The largest absolute Gasteiger partial charge is 0.455 e. The van der Waals surface area contributed by atoms with E-state index in [1.807, 2.05) is 49.4 Å². The number of hydrogen-bond acceptors (Lipinski definition) is 3. The number of nitrogens with one attached hydrogen (secondary N) is 2. The number of H-pyrrole nitrogens is 1. The summed E-state index contributed by atoms with van der Waals surface area (Å²) >= 11 is 0. The lowest BCUT2D eigenvalue weighted by Crippen LogP contribution is -2.21. The molecule has 0 radical (unpaired) electrons. The van der Waals surface area contributed by atoms with Crippen LogP contribution in [0.5, 0.6) is 0 Å². The van der Waals surface area contributed by atoms with E-state index in [4.69, 9.17) is 4.74 Å². The second-order valence-electron chi connectivity index (χ2n) is 5.61. The van der Waals surface area contributed by atoms with Crippen LogP contribution in [0, 0.1) is 6.92 Å². The molecule has 2 N–H and O–H groups in total. The number of rotatable bonds is 5. The predicted molar refractivity (Wildman–Crippen MR) is 92.8 cm³/mol. The van der Waals surface area contributed by atoms with E-state index in [9.17, 15) is 9.59 Å². The maximum absolute atomic E-state index is 11.9. The van der Waals surface area contributed by atoms with Crippen LogP contribution in [-0.4, -0.2) is 23.5 Å². The average molecular weight is 322 g/mol. The molecule has 0 aliphatic carbocycles. The molecule has 1 aromatic heterocycles. The highest BCUT2D eigenvalue weighted by molar-refractivity contribution is 5.93. The predicted octanol–water partition coefficient (Wildman–Crippen LogP) is 3.20. The Bertz CT molecular complexity index is 883. The van der Waals surface area contributed by atoms with Crippen LogP contribution in [0.1, 0.15) is 11.1 Å². The van der Waals surface area contributed by atoms with Gasteiger partial charge in [-0.05, 0) is 36.2 Å². The van der Waals surface area contributed by atoms with Gasteiger partial charge in [-0.3, -0.25) is 9.59 Å². The number of carbonyl (C=O) groups excluding carboxylic acids is 2. The minimum absolute atomic E-state index is 0.127. The van der Waals surface area contributed by atoms with E-state index >= 15 is 0 Å². The molecule has 5 heteroatoms. The van der Waals surface area contributed by atoms with E-state index in [1.165, 1.54) is 0 Å². The molecule has 3 rings (SSSR count). The summed E-state index contributed by atoms with van der Waals surface area (Å²) in [6, 6.07) is 15.2. The molecular weight excluding hydrogens is 304 g/mol. The van der Waals surface area contributed by atoms with Gasteiger partial charge in [-0.1, -0.05) is 30.3 Å². The van der Waals surface area contributed by atoms with Crippen molar-refractivity contribution in [1.29, 1.82) is 0 Å². The molecular formula is C19H18N2O3. The van der Waals surface area contributed by atoms with Crippen LogP contribution in [0.3, 0.4) is 0 Å². The second-order valence-corrected chi connectivity index (χ2v) is 5.61. The fourth-order valence-corrected chi connectivity index (χ4v) is 2.55. The number of ether oxygens (including phenoxy) is 1. The van der Waals surface area contributed by atoms with Crippen molar-refractivity contribution >= 4 is 28.5 Å². The highest BCUT2D eigenvalue weighted by atomic mass is 16.5. The highest BCUT2D eigenvalue weighted by Crippen LogP contribution is 2.18. The quantitative estimate of drug-likeness (QED) is 0.709. The van der Waals surface area contributed by atoms with Crippen molar-refractivity contribution in [1.82, 2.24) is 4.98 Å². The molecule has 0 aliphatic rings. The van der Waals surface area contributed by atoms with Crippen LogP contribution in [0.25, 0.3) is 10.9 Å². The van der Waals surface area contributed by atoms with Crippen LogP contribution in [0.2, 0.25) is 0 Å². The second kappa shape index (κ2) is 7.00. The van der Waals surface area contributed by atoms with Gasteiger partial charge >= 0.3 is 5.97 Å². The summed E-state index contributed by atoms with van der Waals surface area (Å²) in [5, 5.41) is 3.69. The molecule has 0 saturated heterocycles. The molecule has 5 nitrogen and oxygen atoms in total. The Morgan fingerprint density at radius 1 is 1.12 bits per heavy atom. The third-order valence-corrected chi connectivity index (χ3v) is 3.68. The zero-order valence-electron chi connectivity index (χ0n) is 13.3. The van der Waals surface area contributed by atoms with Gasteiger partial charge in [0.2, 0.25) is 0 Å². The molecule has 2 aromatic carbocycles. The third kappa shape index (κ3) is 3.81. The maximum Gasteiger partial charge on any atom is 0.310 e. The molecule has 0 fully saturated rings. The van der Waals surface area contributed by atoms with Crippen molar-refractivity contribution in [3.63, 3.8) is 0 Å². The van der Waals surface area contributed by atoms with Gasteiger partial charge in [0.05, 0.1) is 6.42 Å². The summed E-state index contributed by atoms with van der Waals surface area (Å²) in [4.78, 5) is 26.9. The number of esters is 1. The van der Waals surface area contributed by atoms with Crippen molar-refractivity contribution in [2.24, 2.45) is 0 Å². The summed E-state index contributed by atoms with van der Waals surface area (Å²) in [5.74, 6) is -0.785. The number of anilines is 1. The summed E-state index contributed by atoms with van der Waals surface area (Å²) in [6.07, 6.45) is 1.92. The van der Waals surface area contributed by atoms with E-state index in [-0.39, 0.29) is 18.9 Å². The Kier molecular flexibility index (Phi) is 4.61. The molecule has 0 aliphatic heterocycles. The van der Waals surface area contributed by atoms with Crippen molar-refractivity contribution in [2.45, 2.75) is 13.3 Å². The van der Waals surface area contributed by atoms with E-state index in [0.29, 0.717) is 5.69 Å². The van der Waals surface area contributed by atoms with Gasteiger partial charge in [-0.25, -0.2) is 0 Å². The fourth-order valence-electron chi connectivity index (χ4n) is 2.55. The first kappa shape index (κ1) is 15.8. The molecule has 3 aromatic rings. The fraction of sp³-hybridized carbons (Fsp3) is 0.158. The zero-order valence-corrected chi connectivity index (χ0v) is 13.3. The van der Waals surface area contributed by atoms with Crippen LogP contribution < -0.4 is 5.32 Å². The van der Waals surface area contributed by atoms with Gasteiger partial charge in [-0.2, -0.15) is 0 Å². The van der Waals surface area contributed by atoms with Crippen LogP contribution in [-0.2, 0) is 20.7 Å². The first-order valence-electron chi connectivity index (χ1n) is 7.69. The van der Waals surface area contributed by atoms with E-state index < -0.39 is 5.97 Å². The standard InChI is InChI=1S/C19H18N2O3/c1-13-5-4-6-15(9-13)21-18(22)12-24-19(23)10-14-11-20-17-8-3-2-7-16(14)17/h2-9,11,20H,10,12H2,1H3,(H,21,22). The van der Waals surface area contributed by atoms with Crippen molar-refractivity contribution in [2.75, 3.05) is 11.9 Å². The molecule has 0 atom stereocenters. The summed E-state index contributed by atoms with van der Waals surface area (Å²) in [5.41, 5.74) is 3.56. The van der Waals surface area contributed by atoms with Crippen molar-refractivity contribution in [3.05, 3.63) is 65.9 Å². The van der Waals surface area contributed by atoms with Gasteiger partial charge in [0.1, 0.15) is 0 Å². The minimum Gasteiger partial charge on any atom is -0.455 e.